The Morgan fingerprint density at radius 2 is 1.85 bits per heavy atom. The van der Waals surface area contributed by atoms with Crippen molar-refractivity contribution < 1.29 is 9.53 Å². The third kappa shape index (κ3) is 5.31. The van der Waals surface area contributed by atoms with E-state index < -0.39 is 0 Å². The Hall–Kier alpha value is -2.37. The molecule has 0 radical (unpaired) electrons. The molecule has 0 saturated heterocycles. The maximum atomic E-state index is 12.8. The summed E-state index contributed by atoms with van der Waals surface area (Å²) < 4.78 is 5.71. The van der Waals surface area contributed by atoms with Crippen LogP contribution >= 0.6 is 22.9 Å². The number of ether oxygens (including phenoxy) is 1. The van der Waals surface area contributed by atoms with Crippen LogP contribution in [0, 0.1) is 0 Å². The number of rotatable bonds is 7. The van der Waals surface area contributed by atoms with Crippen LogP contribution in [0.5, 0.6) is 5.75 Å². The summed E-state index contributed by atoms with van der Waals surface area (Å²) in [4.78, 5) is 19.2. The van der Waals surface area contributed by atoms with E-state index in [4.69, 9.17) is 16.3 Å². The van der Waals surface area contributed by atoms with Gasteiger partial charge in [-0.25, -0.2) is 4.98 Å². The molecule has 0 fully saturated rings. The van der Waals surface area contributed by atoms with Gasteiger partial charge in [-0.3, -0.25) is 4.79 Å². The second-order valence-electron chi connectivity index (χ2n) is 6.34. The van der Waals surface area contributed by atoms with Crippen molar-refractivity contribution in [3.05, 3.63) is 75.7 Å². The molecule has 27 heavy (non-hydrogen) atoms. The molecule has 0 aliphatic carbocycles. The molecule has 1 heterocycles. The number of para-hydroxylation sites is 1. The lowest BCUT2D eigenvalue weighted by Crippen LogP contribution is -2.38. The summed E-state index contributed by atoms with van der Waals surface area (Å²) in [6.07, 6.45) is 0.268. The van der Waals surface area contributed by atoms with Crippen molar-refractivity contribution in [3.8, 4) is 5.75 Å². The van der Waals surface area contributed by atoms with Crippen LogP contribution < -0.4 is 9.64 Å². The molecular weight excluding hydrogens is 380 g/mol. The molecule has 0 atom stereocenters. The first-order valence-corrected chi connectivity index (χ1v) is 9.97. The van der Waals surface area contributed by atoms with Crippen LogP contribution in [0.3, 0.4) is 0 Å². The SMILES string of the molecule is CC(C)N(C(=O)Cc1csc(COc2ccc(Cl)cc2)n1)c1ccccc1. The van der Waals surface area contributed by atoms with Crippen LogP contribution in [-0.4, -0.2) is 16.9 Å². The molecule has 0 unspecified atom stereocenters. The van der Waals surface area contributed by atoms with Gasteiger partial charge in [0, 0.05) is 22.1 Å². The molecule has 0 aliphatic rings. The van der Waals surface area contributed by atoms with Gasteiger partial charge < -0.3 is 9.64 Å². The van der Waals surface area contributed by atoms with Crippen molar-refractivity contribution in [1.82, 2.24) is 4.98 Å². The highest BCUT2D eigenvalue weighted by molar-refractivity contribution is 7.09. The molecule has 1 aromatic heterocycles. The number of hydrogen-bond donors (Lipinski definition) is 0. The van der Waals surface area contributed by atoms with E-state index in [1.54, 1.807) is 12.1 Å². The number of carbonyl (C=O) groups is 1. The normalized spacial score (nSPS) is 10.8. The summed E-state index contributed by atoms with van der Waals surface area (Å²) in [7, 11) is 0. The number of thiazole rings is 1. The van der Waals surface area contributed by atoms with Crippen LogP contribution in [0.4, 0.5) is 5.69 Å². The summed E-state index contributed by atoms with van der Waals surface area (Å²) >= 11 is 7.37. The highest BCUT2D eigenvalue weighted by Crippen LogP contribution is 2.21. The molecule has 3 aromatic rings. The van der Waals surface area contributed by atoms with E-state index in [1.165, 1.54) is 11.3 Å². The lowest BCUT2D eigenvalue weighted by atomic mass is 10.2. The second kappa shape index (κ2) is 9.02. The van der Waals surface area contributed by atoms with Gasteiger partial charge in [-0.2, -0.15) is 0 Å². The number of nitrogens with zero attached hydrogens (tertiary/aromatic N) is 2. The Bertz CT molecular complexity index is 879. The van der Waals surface area contributed by atoms with Crippen molar-refractivity contribution >= 4 is 34.5 Å². The monoisotopic (exact) mass is 400 g/mol. The molecule has 140 valence electrons. The van der Waals surface area contributed by atoms with Crippen LogP contribution in [0.2, 0.25) is 5.02 Å². The number of anilines is 1. The Balaban J connectivity index is 1.62. The van der Waals surface area contributed by atoms with Crippen LogP contribution in [0.1, 0.15) is 24.5 Å². The van der Waals surface area contributed by atoms with E-state index >= 15 is 0 Å². The van der Waals surface area contributed by atoms with Crippen molar-refractivity contribution in [2.75, 3.05) is 4.90 Å². The topological polar surface area (TPSA) is 42.4 Å². The molecule has 0 spiro atoms. The Kier molecular flexibility index (Phi) is 6.48. The van der Waals surface area contributed by atoms with Gasteiger partial charge in [0.05, 0.1) is 12.1 Å². The maximum absolute atomic E-state index is 12.8. The fourth-order valence-electron chi connectivity index (χ4n) is 2.73. The fourth-order valence-corrected chi connectivity index (χ4v) is 3.56. The summed E-state index contributed by atoms with van der Waals surface area (Å²) in [6, 6.07) is 17.0. The molecule has 6 heteroatoms. The largest absolute Gasteiger partial charge is 0.486 e. The Morgan fingerprint density at radius 1 is 1.15 bits per heavy atom. The molecule has 3 rings (SSSR count). The van der Waals surface area contributed by atoms with Gasteiger partial charge in [0.1, 0.15) is 17.4 Å². The fraction of sp³-hybridized carbons (Fsp3) is 0.238. The van der Waals surface area contributed by atoms with E-state index in [0.717, 1.165) is 22.1 Å². The molecule has 1 amide bonds. The van der Waals surface area contributed by atoms with E-state index in [2.05, 4.69) is 4.98 Å². The molecule has 0 bridgehead atoms. The number of amides is 1. The molecule has 2 aromatic carbocycles. The minimum atomic E-state index is 0.0340. The van der Waals surface area contributed by atoms with E-state index in [9.17, 15) is 4.79 Å². The molecule has 0 saturated carbocycles. The van der Waals surface area contributed by atoms with Gasteiger partial charge in [0.25, 0.3) is 0 Å². The van der Waals surface area contributed by atoms with Gasteiger partial charge >= 0.3 is 0 Å². The first kappa shape index (κ1) is 19.4. The zero-order valence-corrected chi connectivity index (χ0v) is 16.8. The summed E-state index contributed by atoms with van der Waals surface area (Å²) in [5.74, 6) is 0.772. The van der Waals surface area contributed by atoms with Gasteiger partial charge in [0.2, 0.25) is 5.91 Å². The first-order valence-electron chi connectivity index (χ1n) is 8.71. The number of hydrogen-bond acceptors (Lipinski definition) is 4. The van der Waals surface area contributed by atoms with Crippen molar-refractivity contribution in [2.45, 2.75) is 32.9 Å². The van der Waals surface area contributed by atoms with E-state index in [-0.39, 0.29) is 18.4 Å². The second-order valence-corrected chi connectivity index (χ2v) is 7.72. The van der Waals surface area contributed by atoms with Crippen molar-refractivity contribution in [2.24, 2.45) is 0 Å². The molecular formula is C21H21ClN2O2S. The molecule has 0 N–H and O–H groups in total. The summed E-state index contributed by atoms with van der Waals surface area (Å²) in [6.45, 7) is 4.39. The van der Waals surface area contributed by atoms with Crippen LogP contribution in [0.25, 0.3) is 0 Å². The van der Waals surface area contributed by atoms with Gasteiger partial charge in [0.15, 0.2) is 0 Å². The van der Waals surface area contributed by atoms with Gasteiger partial charge in [-0.15, -0.1) is 11.3 Å². The number of carbonyl (C=O) groups excluding carboxylic acids is 1. The van der Waals surface area contributed by atoms with Crippen LogP contribution in [0.15, 0.2) is 60.0 Å². The maximum Gasteiger partial charge on any atom is 0.233 e. The average Bonchev–Trinajstić information content (AvgIpc) is 3.09. The van der Waals surface area contributed by atoms with E-state index in [1.807, 2.05) is 66.6 Å². The highest BCUT2D eigenvalue weighted by atomic mass is 35.5. The highest BCUT2D eigenvalue weighted by Gasteiger charge is 2.20. The van der Waals surface area contributed by atoms with Gasteiger partial charge in [-0.05, 0) is 50.2 Å². The lowest BCUT2D eigenvalue weighted by molar-refractivity contribution is -0.118. The predicted octanol–water partition coefficient (Wildman–Crippen LogP) is 5.36. The summed E-state index contributed by atoms with van der Waals surface area (Å²) in [5, 5.41) is 3.43. The third-order valence-electron chi connectivity index (χ3n) is 3.93. The first-order chi connectivity index (χ1) is 13.0. The molecule has 0 aliphatic heterocycles. The van der Waals surface area contributed by atoms with Crippen molar-refractivity contribution in [1.29, 1.82) is 0 Å². The smallest absolute Gasteiger partial charge is 0.233 e. The minimum absolute atomic E-state index is 0.0340. The molecule has 4 nitrogen and oxygen atoms in total. The number of benzene rings is 2. The average molecular weight is 401 g/mol. The minimum Gasteiger partial charge on any atom is -0.486 e. The summed E-state index contributed by atoms with van der Waals surface area (Å²) in [5.41, 5.74) is 1.67. The van der Waals surface area contributed by atoms with Crippen molar-refractivity contribution in [3.63, 3.8) is 0 Å². The van der Waals surface area contributed by atoms with E-state index in [0.29, 0.717) is 11.6 Å². The lowest BCUT2D eigenvalue weighted by Gasteiger charge is -2.26. The number of aromatic nitrogens is 1. The van der Waals surface area contributed by atoms with Gasteiger partial charge in [-0.1, -0.05) is 29.8 Å². The Labute approximate surface area is 168 Å². The predicted molar refractivity (Wildman–Crippen MR) is 111 cm³/mol. The van der Waals surface area contributed by atoms with Crippen LogP contribution in [-0.2, 0) is 17.8 Å². The third-order valence-corrected chi connectivity index (χ3v) is 5.05. The standard InChI is InChI=1S/C21H21ClN2O2S/c1-15(2)24(18-6-4-3-5-7-18)21(25)12-17-14-27-20(23-17)13-26-19-10-8-16(22)9-11-19/h3-11,14-15H,12-13H2,1-2H3. The zero-order chi connectivity index (χ0) is 19.2. The number of halogens is 1. The quantitative estimate of drug-likeness (QED) is 0.536. The zero-order valence-electron chi connectivity index (χ0n) is 15.3. The Morgan fingerprint density at radius 3 is 2.52 bits per heavy atom.